The van der Waals surface area contributed by atoms with Crippen LogP contribution in [0.15, 0.2) is 42.5 Å². The van der Waals surface area contributed by atoms with E-state index in [2.05, 4.69) is 17.6 Å². The van der Waals surface area contributed by atoms with Crippen LogP contribution in [0.2, 0.25) is 0 Å². The van der Waals surface area contributed by atoms with Gasteiger partial charge in [-0.05, 0) is 29.7 Å². The summed E-state index contributed by atoms with van der Waals surface area (Å²) in [6.07, 6.45) is -0.173. The van der Waals surface area contributed by atoms with Crippen molar-refractivity contribution in [2.24, 2.45) is 5.92 Å². The standard InChI is InChI=1S/C19H20F2N2O2/c1-2-11-6-8-12(9-7-11)13-10-22-18(24)16(13)19(25)23-17-14(20)4-3-5-15(17)21/h3-9,13,16,18,22,24H,2,10H2,1H3,(H,23,25)/t13-,16-,18?/m1/s1. The lowest BCUT2D eigenvalue weighted by Gasteiger charge is -2.21. The summed E-state index contributed by atoms with van der Waals surface area (Å²) < 4.78 is 27.5. The Hall–Kier alpha value is -2.31. The Bertz CT molecular complexity index is 744. The summed E-state index contributed by atoms with van der Waals surface area (Å²) in [6.45, 7) is 2.46. The molecule has 3 rings (SSSR count). The lowest BCUT2D eigenvalue weighted by Crippen LogP contribution is -2.36. The van der Waals surface area contributed by atoms with Gasteiger partial charge in [0.25, 0.3) is 0 Å². The van der Waals surface area contributed by atoms with Crippen LogP contribution in [-0.4, -0.2) is 23.8 Å². The van der Waals surface area contributed by atoms with Crippen molar-refractivity contribution in [3.8, 4) is 0 Å². The number of halogens is 2. The number of carbonyl (C=O) groups excluding carboxylic acids is 1. The van der Waals surface area contributed by atoms with E-state index in [0.29, 0.717) is 6.54 Å². The fraction of sp³-hybridized carbons (Fsp3) is 0.316. The van der Waals surface area contributed by atoms with Crippen LogP contribution < -0.4 is 10.6 Å². The van der Waals surface area contributed by atoms with Crippen molar-refractivity contribution in [1.29, 1.82) is 0 Å². The molecule has 2 aromatic carbocycles. The molecule has 3 atom stereocenters. The Morgan fingerprint density at radius 3 is 2.44 bits per heavy atom. The second kappa shape index (κ2) is 7.29. The smallest absolute Gasteiger partial charge is 0.232 e. The minimum absolute atomic E-state index is 0.282. The molecule has 6 heteroatoms. The van der Waals surface area contributed by atoms with Gasteiger partial charge in [0.2, 0.25) is 5.91 Å². The Labute approximate surface area is 144 Å². The van der Waals surface area contributed by atoms with Crippen LogP contribution >= 0.6 is 0 Å². The van der Waals surface area contributed by atoms with Crippen molar-refractivity contribution in [3.05, 3.63) is 65.2 Å². The maximum atomic E-state index is 13.8. The van der Waals surface area contributed by atoms with Gasteiger partial charge in [-0.1, -0.05) is 37.3 Å². The molecule has 132 valence electrons. The summed E-state index contributed by atoms with van der Waals surface area (Å²) in [5.74, 6) is -3.44. The fourth-order valence-electron chi connectivity index (χ4n) is 3.20. The van der Waals surface area contributed by atoms with Gasteiger partial charge in [0.05, 0.1) is 5.92 Å². The molecule has 0 aliphatic carbocycles. The number of aliphatic hydroxyl groups excluding tert-OH is 1. The van der Waals surface area contributed by atoms with E-state index in [1.165, 1.54) is 11.6 Å². The van der Waals surface area contributed by atoms with E-state index in [9.17, 15) is 18.7 Å². The molecule has 0 saturated carbocycles. The number of para-hydroxylation sites is 1. The summed E-state index contributed by atoms with van der Waals surface area (Å²) in [6, 6.07) is 11.2. The number of anilines is 1. The fourth-order valence-corrected chi connectivity index (χ4v) is 3.20. The lowest BCUT2D eigenvalue weighted by molar-refractivity contribution is -0.123. The Balaban J connectivity index is 1.83. The second-order valence-corrected chi connectivity index (χ2v) is 6.17. The third kappa shape index (κ3) is 3.55. The van der Waals surface area contributed by atoms with Gasteiger partial charge >= 0.3 is 0 Å². The van der Waals surface area contributed by atoms with Crippen molar-refractivity contribution >= 4 is 11.6 Å². The largest absolute Gasteiger partial charge is 0.378 e. The number of aliphatic hydroxyl groups is 1. The second-order valence-electron chi connectivity index (χ2n) is 6.17. The molecule has 1 saturated heterocycles. The minimum Gasteiger partial charge on any atom is -0.378 e. The zero-order valence-corrected chi connectivity index (χ0v) is 13.8. The molecule has 1 heterocycles. The van der Waals surface area contributed by atoms with Gasteiger partial charge in [-0.25, -0.2) is 8.78 Å². The number of benzene rings is 2. The number of hydrogen-bond donors (Lipinski definition) is 3. The average Bonchev–Trinajstić information content (AvgIpc) is 3.00. The van der Waals surface area contributed by atoms with E-state index in [1.54, 1.807) is 0 Å². The Morgan fingerprint density at radius 1 is 1.20 bits per heavy atom. The van der Waals surface area contributed by atoms with Crippen molar-refractivity contribution in [1.82, 2.24) is 5.32 Å². The Morgan fingerprint density at radius 2 is 1.84 bits per heavy atom. The normalized spacial score (nSPS) is 22.8. The molecule has 0 spiro atoms. The van der Waals surface area contributed by atoms with Crippen LogP contribution in [-0.2, 0) is 11.2 Å². The summed E-state index contributed by atoms with van der Waals surface area (Å²) in [7, 11) is 0. The number of nitrogens with one attached hydrogen (secondary N) is 2. The van der Waals surface area contributed by atoms with Crippen LogP contribution in [0.5, 0.6) is 0 Å². The first kappa shape index (κ1) is 17.5. The molecule has 3 N–H and O–H groups in total. The van der Waals surface area contributed by atoms with E-state index in [4.69, 9.17) is 0 Å². The molecule has 1 amide bonds. The predicted octanol–water partition coefficient (Wildman–Crippen LogP) is 2.79. The highest BCUT2D eigenvalue weighted by Gasteiger charge is 2.41. The first-order chi connectivity index (χ1) is 12.0. The third-order valence-electron chi connectivity index (χ3n) is 4.65. The van der Waals surface area contributed by atoms with Gasteiger partial charge in [-0.2, -0.15) is 0 Å². The minimum atomic E-state index is -1.08. The first-order valence-corrected chi connectivity index (χ1v) is 8.26. The summed E-state index contributed by atoms with van der Waals surface area (Å²) in [4.78, 5) is 12.6. The molecule has 2 aromatic rings. The van der Waals surface area contributed by atoms with E-state index >= 15 is 0 Å². The van der Waals surface area contributed by atoms with Crippen LogP contribution in [0.3, 0.4) is 0 Å². The number of hydrogen-bond acceptors (Lipinski definition) is 3. The van der Waals surface area contributed by atoms with Crippen LogP contribution in [0.4, 0.5) is 14.5 Å². The maximum absolute atomic E-state index is 13.8. The summed E-state index contributed by atoms with van der Waals surface area (Å²) >= 11 is 0. The van der Waals surface area contributed by atoms with Crippen molar-refractivity contribution in [3.63, 3.8) is 0 Å². The maximum Gasteiger partial charge on any atom is 0.232 e. The van der Waals surface area contributed by atoms with Gasteiger partial charge in [0, 0.05) is 12.5 Å². The molecular weight excluding hydrogens is 326 g/mol. The highest BCUT2D eigenvalue weighted by Crippen LogP contribution is 2.33. The molecule has 0 aromatic heterocycles. The average molecular weight is 346 g/mol. The van der Waals surface area contributed by atoms with Crippen LogP contribution in [0, 0.1) is 17.6 Å². The van der Waals surface area contributed by atoms with Gasteiger partial charge in [0.1, 0.15) is 23.5 Å². The first-order valence-electron chi connectivity index (χ1n) is 8.26. The van der Waals surface area contributed by atoms with Gasteiger partial charge in [-0.3, -0.25) is 10.1 Å². The number of amides is 1. The predicted molar refractivity (Wildman–Crippen MR) is 91.0 cm³/mol. The SMILES string of the molecule is CCc1ccc([C@H]2CNC(O)[C@@H]2C(=O)Nc2c(F)cccc2F)cc1. The van der Waals surface area contributed by atoms with Gasteiger partial charge in [-0.15, -0.1) is 0 Å². The van der Waals surface area contributed by atoms with Gasteiger partial charge < -0.3 is 10.4 Å². The topological polar surface area (TPSA) is 61.4 Å². The highest BCUT2D eigenvalue weighted by atomic mass is 19.1. The van der Waals surface area contributed by atoms with Crippen LogP contribution in [0.1, 0.15) is 24.0 Å². The zero-order valence-electron chi connectivity index (χ0n) is 13.8. The van der Waals surface area contributed by atoms with Crippen molar-refractivity contribution < 1.29 is 18.7 Å². The molecule has 1 aliphatic rings. The highest BCUT2D eigenvalue weighted by molar-refractivity contribution is 5.94. The quantitative estimate of drug-likeness (QED) is 0.798. The molecular formula is C19H20F2N2O2. The van der Waals surface area contributed by atoms with E-state index in [0.717, 1.165) is 24.1 Å². The van der Waals surface area contributed by atoms with E-state index in [-0.39, 0.29) is 5.92 Å². The molecule has 1 unspecified atom stereocenters. The number of carbonyl (C=O) groups is 1. The molecule has 1 fully saturated rings. The monoisotopic (exact) mass is 346 g/mol. The number of rotatable bonds is 4. The summed E-state index contributed by atoms with van der Waals surface area (Å²) in [5.41, 5.74) is 1.58. The van der Waals surface area contributed by atoms with Crippen molar-refractivity contribution in [2.75, 3.05) is 11.9 Å². The third-order valence-corrected chi connectivity index (χ3v) is 4.65. The molecule has 0 radical (unpaired) electrons. The molecule has 0 bridgehead atoms. The summed E-state index contributed by atoms with van der Waals surface area (Å²) in [5, 5.41) is 15.3. The number of aryl methyl sites for hydroxylation is 1. The molecule has 4 nitrogen and oxygen atoms in total. The van der Waals surface area contributed by atoms with Gasteiger partial charge in [0.15, 0.2) is 0 Å². The Kier molecular flexibility index (Phi) is 5.11. The molecule has 25 heavy (non-hydrogen) atoms. The van der Waals surface area contributed by atoms with E-state index < -0.39 is 35.4 Å². The lowest BCUT2D eigenvalue weighted by atomic mass is 9.87. The van der Waals surface area contributed by atoms with E-state index in [1.807, 2.05) is 24.3 Å². The van der Waals surface area contributed by atoms with Crippen LogP contribution in [0.25, 0.3) is 0 Å². The molecule has 1 aliphatic heterocycles. The van der Waals surface area contributed by atoms with Crippen molar-refractivity contribution in [2.45, 2.75) is 25.5 Å². The zero-order chi connectivity index (χ0) is 18.0.